The number of hydrogen-bond donors (Lipinski definition) is 0. The van der Waals surface area contributed by atoms with E-state index in [0.29, 0.717) is 5.96 Å². The summed E-state index contributed by atoms with van der Waals surface area (Å²) in [5, 5.41) is 0. The number of alkyl halides is 1. The van der Waals surface area contributed by atoms with E-state index in [0.717, 1.165) is 17.8 Å². The molecule has 2 atom stereocenters. The summed E-state index contributed by atoms with van der Waals surface area (Å²) in [5.74, 6) is -0.570. The van der Waals surface area contributed by atoms with Gasteiger partial charge in [-0.15, -0.1) is 11.6 Å². The lowest BCUT2D eigenvalue weighted by atomic mass is 10.1. The second-order valence-corrected chi connectivity index (χ2v) is 6.01. The van der Waals surface area contributed by atoms with Gasteiger partial charge in [-0.25, -0.2) is 9.59 Å². The Labute approximate surface area is 150 Å². The van der Waals surface area contributed by atoms with Crippen molar-refractivity contribution in [1.82, 2.24) is 4.90 Å². The van der Waals surface area contributed by atoms with Gasteiger partial charge >= 0.3 is 11.9 Å². The molecular formula is C17H18ClN3O4. The van der Waals surface area contributed by atoms with Crippen molar-refractivity contribution in [2.45, 2.75) is 18.4 Å². The fraction of sp³-hybridized carbons (Fsp3) is 0.353. The van der Waals surface area contributed by atoms with E-state index in [1.54, 1.807) is 23.9 Å². The number of guanidine groups is 1. The molecule has 0 radical (unpaired) electrons. The van der Waals surface area contributed by atoms with E-state index in [9.17, 15) is 9.59 Å². The van der Waals surface area contributed by atoms with Crippen LogP contribution >= 0.6 is 11.6 Å². The predicted molar refractivity (Wildman–Crippen MR) is 93.2 cm³/mol. The van der Waals surface area contributed by atoms with E-state index in [4.69, 9.17) is 21.1 Å². The molecule has 1 aromatic carbocycles. The highest BCUT2D eigenvalue weighted by molar-refractivity contribution is 6.18. The van der Waals surface area contributed by atoms with Gasteiger partial charge in [0.25, 0.3) is 5.72 Å². The lowest BCUT2D eigenvalue weighted by Crippen LogP contribution is -2.57. The molecule has 2 aliphatic rings. The van der Waals surface area contributed by atoms with Crippen LogP contribution in [0.1, 0.15) is 6.42 Å². The quantitative estimate of drug-likeness (QED) is 0.601. The summed E-state index contributed by atoms with van der Waals surface area (Å²) in [5.41, 5.74) is -0.569. The predicted octanol–water partition coefficient (Wildman–Crippen LogP) is 1.73. The number of hydrogen-bond acceptors (Lipinski definition) is 5. The van der Waals surface area contributed by atoms with E-state index in [1.807, 2.05) is 30.3 Å². The van der Waals surface area contributed by atoms with Crippen molar-refractivity contribution >= 4 is 35.2 Å². The van der Waals surface area contributed by atoms with Crippen molar-refractivity contribution in [3.05, 3.63) is 42.5 Å². The molecule has 25 heavy (non-hydrogen) atoms. The molecule has 0 N–H and O–H groups in total. The normalized spacial score (nSPS) is 28.9. The minimum Gasteiger partial charge on any atom is -0.432 e. The largest absolute Gasteiger partial charge is 0.432 e. The van der Waals surface area contributed by atoms with Crippen molar-refractivity contribution in [3.8, 4) is 0 Å². The Morgan fingerprint density at radius 1 is 1.20 bits per heavy atom. The van der Waals surface area contributed by atoms with Crippen LogP contribution in [-0.4, -0.2) is 54.7 Å². The number of fused-ring (bicyclic) bond motifs is 1. The van der Waals surface area contributed by atoms with E-state index in [-0.39, 0.29) is 12.3 Å². The molecule has 0 saturated carbocycles. The minimum atomic E-state index is -1.32. The van der Waals surface area contributed by atoms with Gasteiger partial charge in [-0.1, -0.05) is 18.2 Å². The van der Waals surface area contributed by atoms with Crippen LogP contribution in [0.15, 0.2) is 47.5 Å². The lowest BCUT2D eigenvalue weighted by molar-refractivity contribution is -0.188. The van der Waals surface area contributed by atoms with Crippen LogP contribution < -0.4 is 4.90 Å². The van der Waals surface area contributed by atoms with Crippen molar-refractivity contribution in [2.24, 2.45) is 4.99 Å². The van der Waals surface area contributed by atoms with Crippen LogP contribution in [0.3, 0.4) is 0 Å². The first-order valence-electron chi connectivity index (χ1n) is 7.76. The molecule has 132 valence electrons. The number of likely N-dealkylation sites (N-methyl/N-ethyl adjacent to an activating group) is 1. The number of aliphatic imine (C=N–C) groups is 1. The Morgan fingerprint density at radius 2 is 1.88 bits per heavy atom. The van der Waals surface area contributed by atoms with Crippen LogP contribution in [0.25, 0.3) is 0 Å². The number of carbonyl (C=O) groups excluding carboxylic acids is 2. The molecule has 0 aromatic heterocycles. The van der Waals surface area contributed by atoms with Crippen LogP contribution in [-0.2, 0) is 19.1 Å². The first-order valence-corrected chi connectivity index (χ1v) is 8.29. The molecule has 0 aliphatic carbocycles. The molecule has 2 heterocycles. The Bertz CT molecular complexity index is 737. The van der Waals surface area contributed by atoms with Gasteiger partial charge in [0, 0.05) is 44.2 Å². The molecule has 1 aromatic rings. The summed E-state index contributed by atoms with van der Waals surface area (Å²) in [6, 6.07) is 9.33. The van der Waals surface area contributed by atoms with Gasteiger partial charge in [-0.2, -0.15) is 0 Å². The number of benzene rings is 1. The average molecular weight is 364 g/mol. The van der Waals surface area contributed by atoms with Crippen LogP contribution in [0.4, 0.5) is 5.69 Å². The second-order valence-electron chi connectivity index (χ2n) is 5.63. The van der Waals surface area contributed by atoms with Gasteiger partial charge in [-0.05, 0) is 12.1 Å². The zero-order valence-corrected chi connectivity index (χ0v) is 14.6. The molecule has 0 amide bonds. The van der Waals surface area contributed by atoms with Crippen LogP contribution in [0, 0.1) is 0 Å². The average Bonchev–Trinajstić information content (AvgIpc) is 2.81. The number of para-hydroxylation sites is 1. The smallest absolute Gasteiger partial charge is 0.333 e. The van der Waals surface area contributed by atoms with Crippen LogP contribution in [0.5, 0.6) is 0 Å². The minimum absolute atomic E-state index is 0.194. The summed E-state index contributed by atoms with van der Waals surface area (Å²) in [6.07, 6.45) is 1.46. The van der Waals surface area contributed by atoms with E-state index in [2.05, 4.69) is 4.99 Å². The number of nitrogens with zero attached hydrogens (tertiary/aromatic N) is 3. The molecule has 2 aliphatic heterocycles. The van der Waals surface area contributed by atoms with Crippen molar-refractivity contribution in [2.75, 3.05) is 24.9 Å². The summed E-state index contributed by atoms with van der Waals surface area (Å²) < 4.78 is 11.3. The van der Waals surface area contributed by atoms with E-state index in [1.165, 1.54) is 0 Å². The van der Waals surface area contributed by atoms with E-state index >= 15 is 0 Å². The fourth-order valence-corrected chi connectivity index (χ4v) is 3.47. The third kappa shape index (κ3) is 2.84. The maximum absolute atomic E-state index is 12.2. The second kappa shape index (κ2) is 6.76. The molecule has 0 spiro atoms. The SMILES string of the molecule is CN=C1N(C)C2OC(=O)/C=C/C(=O)OC2(CCCl)N1c1ccccc1. The van der Waals surface area contributed by atoms with Crippen LogP contribution in [0.2, 0.25) is 0 Å². The Kier molecular flexibility index (Phi) is 4.67. The highest BCUT2D eigenvalue weighted by Gasteiger charge is 2.60. The number of esters is 2. The summed E-state index contributed by atoms with van der Waals surface area (Å²) in [6.45, 7) is 0. The molecule has 7 nitrogen and oxygen atoms in total. The molecule has 0 bridgehead atoms. The highest BCUT2D eigenvalue weighted by atomic mass is 35.5. The molecule has 3 rings (SSSR count). The van der Waals surface area contributed by atoms with Crippen molar-refractivity contribution in [1.29, 1.82) is 0 Å². The third-order valence-electron chi connectivity index (χ3n) is 4.16. The van der Waals surface area contributed by atoms with Gasteiger partial charge in [0.2, 0.25) is 12.2 Å². The number of rotatable bonds is 3. The standard InChI is InChI=1S/C17H18ClN3O4/c1-19-16-20(2)15-17(10-11-18,21(16)12-6-4-3-5-7-12)25-14(23)9-8-13(22)24-15/h3-9,15H,10-11H2,1-2H3/b9-8+,19-16?. The Hall–Kier alpha value is -2.54. The topological polar surface area (TPSA) is 71.4 Å². The number of ether oxygens (including phenoxy) is 2. The molecule has 1 fully saturated rings. The lowest BCUT2D eigenvalue weighted by Gasteiger charge is -2.39. The first-order chi connectivity index (χ1) is 12.0. The third-order valence-corrected chi connectivity index (χ3v) is 4.35. The maximum Gasteiger partial charge on any atom is 0.333 e. The van der Waals surface area contributed by atoms with Gasteiger partial charge in [0.1, 0.15) is 0 Å². The van der Waals surface area contributed by atoms with Crippen molar-refractivity contribution in [3.63, 3.8) is 0 Å². The zero-order chi connectivity index (χ0) is 18.0. The number of anilines is 1. The molecular weight excluding hydrogens is 346 g/mol. The van der Waals surface area contributed by atoms with E-state index < -0.39 is 23.9 Å². The first kappa shape index (κ1) is 17.3. The Balaban J connectivity index is 2.21. The summed E-state index contributed by atoms with van der Waals surface area (Å²) in [7, 11) is 3.35. The number of halogens is 1. The summed E-state index contributed by atoms with van der Waals surface area (Å²) in [4.78, 5) is 32.0. The Morgan fingerprint density at radius 3 is 2.52 bits per heavy atom. The van der Waals surface area contributed by atoms with Gasteiger partial charge in [0.15, 0.2) is 0 Å². The zero-order valence-electron chi connectivity index (χ0n) is 13.9. The maximum atomic E-state index is 12.2. The monoisotopic (exact) mass is 363 g/mol. The van der Waals surface area contributed by atoms with Gasteiger partial charge in [-0.3, -0.25) is 9.89 Å². The molecule has 1 saturated heterocycles. The van der Waals surface area contributed by atoms with Crippen molar-refractivity contribution < 1.29 is 19.1 Å². The number of carbonyl (C=O) groups is 2. The fourth-order valence-electron chi connectivity index (χ4n) is 3.20. The highest BCUT2D eigenvalue weighted by Crippen LogP contribution is 2.41. The summed E-state index contributed by atoms with van der Waals surface area (Å²) >= 11 is 6.03. The van der Waals surface area contributed by atoms with Gasteiger partial charge in [0.05, 0.1) is 0 Å². The van der Waals surface area contributed by atoms with Gasteiger partial charge < -0.3 is 14.4 Å². The molecule has 8 heteroatoms. The molecule has 2 unspecified atom stereocenters.